The lowest BCUT2D eigenvalue weighted by atomic mass is 10.0. The quantitative estimate of drug-likeness (QED) is 0.0422. The van der Waals surface area contributed by atoms with Gasteiger partial charge in [0.2, 0.25) is 5.91 Å². The van der Waals surface area contributed by atoms with Gasteiger partial charge in [-0.25, -0.2) is 0 Å². The van der Waals surface area contributed by atoms with Crippen LogP contribution in [0.15, 0.2) is 109 Å². The van der Waals surface area contributed by atoms with E-state index in [-0.39, 0.29) is 12.5 Å². The number of hydrogen-bond donors (Lipinski definition) is 3. The number of carbonyl (C=O) groups excluding carboxylic acids is 1. The molecule has 0 fully saturated rings. The van der Waals surface area contributed by atoms with E-state index in [1.54, 1.807) is 6.08 Å². The number of carbonyl (C=O) groups is 1. The van der Waals surface area contributed by atoms with Crippen LogP contribution < -0.4 is 5.32 Å². The van der Waals surface area contributed by atoms with Gasteiger partial charge in [-0.3, -0.25) is 4.79 Å². The normalized spacial score (nSPS) is 13.8. The summed E-state index contributed by atoms with van der Waals surface area (Å²) in [5.41, 5.74) is 0. The van der Waals surface area contributed by atoms with E-state index in [1.807, 2.05) is 6.08 Å². The molecule has 3 N–H and O–H groups in total. The van der Waals surface area contributed by atoms with Crippen molar-refractivity contribution in [1.29, 1.82) is 0 Å². The van der Waals surface area contributed by atoms with Gasteiger partial charge in [0.15, 0.2) is 0 Å². The maximum atomic E-state index is 12.4. The highest BCUT2D eigenvalue weighted by Crippen LogP contribution is 2.15. The van der Waals surface area contributed by atoms with Crippen LogP contribution in [0.2, 0.25) is 0 Å². The molecule has 0 rings (SSSR count). The molecule has 0 saturated heterocycles. The molecular formula is C58H99NO3. The first-order valence-electron chi connectivity index (χ1n) is 26.1. The maximum Gasteiger partial charge on any atom is 0.220 e. The van der Waals surface area contributed by atoms with Crippen LogP contribution in [0.3, 0.4) is 0 Å². The lowest BCUT2D eigenvalue weighted by molar-refractivity contribution is -0.123. The molecule has 0 spiro atoms. The molecular weight excluding hydrogens is 759 g/mol. The molecule has 1 amide bonds. The van der Waals surface area contributed by atoms with Crippen molar-refractivity contribution >= 4 is 5.91 Å². The van der Waals surface area contributed by atoms with Crippen molar-refractivity contribution in [2.75, 3.05) is 6.61 Å². The van der Waals surface area contributed by atoms with Gasteiger partial charge in [-0.2, -0.15) is 0 Å². The van der Waals surface area contributed by atoms with Crippen LogP contribution in [0.5, 0.6) is 0 Å². The predicted octanol–water partition coefficient (Wildman–Crippen LogP) is 17.1. The number of rotatable bonds is 46. The van der Waals surface area contributed by atoms with Crippen molar-refractivity contribution in [2.45, 2.75) is 244 Å². The van der Waals surface area contributed by atoms with Crippen molar-refractivity contribution < 1.29 is 15.0 Å². The summed E-state index contributed by atoms with van der Waals surface area (Å²) in [6.07, 6.45) is 79.4. The molecule has 2 unspecified atom stereocenters. The van der Waals surface area contributed by atoms with Crippen LogP contribution in [0.4, 0.5) is 0 Å². The van der Waals surface area contributed by atoms with Crippen molar-refractivity contribution in [1.82, 2.24) is 5.32 Å². The van der Waals surface area contributed by atoms with Crippen LogP contribution in [-0.2, 0) is 4.79 Å². The molecule has 0 bridgehead atoms. The number of allylic oxidation sites excluding steroid dienone is 17. The average Bonchev–Trinajstić information content (AvgIpc) is 3.28. The number of nitrogens with one attached hydrogen (secondary N) is 1. The number of hydrogen-bond acceptors (Lipinski definition) is 3. The predicted molar refractivity (Wildman–Crippen MR) is 276 cm³/mol. The van der Waals surface area contributed by atoms with E-state index >= 15 is 0 Å². The molecule has 2 atom stereocenters. The van der Waals surface area contributed by atoms with E-state index in [4.69, 9.17) is 0 Å². The largest absolute Gasteiger partial charge is 0.394 e. The average molecular weight is 858 g/mol. The Morgan fingerprint density at radius 1 is 0.403 bits per heavy atom. The molecule has 354 valence electrons. The number of aliphatic hydroxyl groups is 2. The minimum Gasteiger partial charge on any atom is -0.394 e. The second-order valence-electron chi connectivity index (χ2n) is 17.2. The third-order valence-corrected chi connectivity index (χ3v) is 11.2. The molecule has 0 aliphatic heterocycles. The van der Waals surface area contributed by atoms with E-state index in [0.29, 0.717) is 6.42 Å². The molecule has 62 heavy (non-hydrogen) atoms. The molecule has 0 aliphatic carbocycles. The summed E-state index contributed by atoms with van der Waals surface area (Å²) in [4.78, 5) is 12.4. The number of unbranched alkanes of at least 4 members (excludes halogenated alkanes) is 23. The fraction of sp³-hybridized carbons (Fsp3) is 0.672. The minimum absolute atomic E-state index is 0.106. The smallest absolute Gasteiger partial charge is 0.220 e. The third kappa shape index (κ3) is 48.1. The lowest BCUT2D eigenvalue weighted by Crippen LogP contribution is -2.45. The van der Waals surface area contributed by atoms with Gasteiger partial charge in [0.1, 0.15) is 0 Å². The van der Waals surface area contributed by atoms with Crippen molar-refractivity contribution in [3.05, 3.63) is 109 Å². The third-order valence-electron chi connectivity index (χ3n) is 11.2. The Morgan fingerprint density at radius 2 is 0.726 bits per heavy atom. The molecule has 0 aliphatic rings. The highest BCUT2D eigenvalue weighted by atomic mass is 16.3. The SMILES string of the molecule is CC/C=C\C/C=C\C/C=C\C/C=C\C/C=C\C/C=C\CCCCCCC(=O)NC(CO)C(O)/C=C/CC/C=C/CC/C=C/CCCCCCCCCCCCCCCCCCC. The van der Waals surface area contributed by atoms with E-state index < -0.39 is 12.1 Å². The Labute approximate surface area is 385 Å². The molecule has 4 nitrogen and oxygen atoms in total. The van der Waals surface area contributed by atoms with E-state index in [0.717, 1.165) is 96.3 Å². The van der Waals surface area contributed by atoms with E-state index in [9.17, 15) is 15.0 Å². The number of amides is 1. The maximum absolute atomic E-state index is 12.4. The summed E-state index contributed by atoms with van der Waals surface area (Å²) in [5.74, 6) is -0.106. The number of aliphatic hydroxyl groups excluding tert-OH is 2. The Kier molecular flexibility index (Phi) is 49.9. The van der Waals surface area contributed by atoms with Gasteiger partial charge in [-0.15, -0.1) is 0 Å². The van der Waals surface area contributed by atoms with Gasteiger partial charge in [-0.1, -0.05) is 239 Å². The topological polar surface area (TPSA) is 69.6 Å². The van der Waals surface area contributed by atoms with Gasteiger partial charge >= 0.3 is 0 Å². The molecule has 0 aromatic carbocycles. The Morgan fingerprint density at radius 3 is 1.13 bits per heavy atom. The highest BCUT2D eigenvalue weighted by molar-refractivity contribution is 5.76. The Bertz CT molecular complexity index is 1200. The first-order chi connectivity index (χ1) is 30.7. The molecule has 0 saturated carbocycles. The summed E-state index contributed by atoms with van der Waals surface area (Å²) in [6.45, 7) is 4.17. The fourth-order valence-corrected chi connectivity index (χ4v) is 7.27. The summed E-state index contributed by atoms with van der Waals surface area (Å²) >= 11 is 0. The molecule has 0 heterocycles. The molecule has 0 aromatic heterocycles. The Hall–Kier alpha value is -2.95. The summed E-state index contributed by atoms with van der Waals surface area (Å²) in [5, 5.41) is 23.1. The van der Waals surface area contributed by atoms with Gasteiger partial charge in [0, 0.05) is 6.42 Å². The summed E-state index contributed by atoms with van der Waals surface area (Å²) in [7, 11) is 0. The second-order valence-corrected chi connectivity index (χ2v) is 17.2. The van der Waals surface area contributed by atoms with Crippen LogP contribution in [-0.4, -0.2) is 34.9 Å². The fourth-order valence-electron chi connectivity index (χ4n) is 7.27. The van der Waals surface area contributed by atoms with Crippen LogP contribution in [0, 0.1) is 0 Å². The van der Waals surface area contributed by atoms with Gasteiger partial charge in [0.05, 0.1) is 18.8 Å². The zero-order chi connectivity index (χ0) is 44.9. The molecule has 4 heteroatoms. The monoisotopic (exact) mass is 858 g/mol. The summed E-state index contributed by atoms with van der Waals surface area (Å²) in [6, 6.07) is -0.668. The second kappa shape index (κ2) is 52.4. The zero-order valence-electron chi connectivity index (χ0n) is 40.6. The standard InChI is InChI=1S/C58H99NO3/c1-3-5-7-9-11-13-15-17-19-21-23-25-27-28-29-30-32-33-35-37-39-41-43-45-47-49-51-53-57(61)56(55-60)59-58(62)54-52-50-48-46-44-42-40-38-36-34-31-26-24-22-20-18-16-14-12-10-8-6-4-2/h6,8,12,14,18,20,24,26,34-37,40,42-43,45,51,53,56-57,60-61H,3-5,7,9-11,13,15-17,19,21-23,25,27-33,38-39,41,44,46-50,52,54-55H2,1-2H3,(H,59,62)/b8-6-,14-12-,20-18-,26-24-,36-34-,37-35+,42-40-,45-43+,53-51+. The van der Waals surface area contributed by atoms with Gasteiger partial charge in [0.25, 0.3) is 0 Å². The van der Waals surface area contributed by atoms with Crippen molar-refractivity contribution in [3.8, 4) is 0 Å². The Balaban J connectivity index is 3.69. The zero-order valence-corrected chi connectivity index (χ0v) is 40.6. The van der Waals surface area contributed by atoms with E-state index in [2.05, 4.69) is 116 Å². The van der Waals surface area contributed by atoms with Crippen molar-refractivity contribution in [2.24, 2.45) is 0 Å². The summed E-state index contributed by atoms with van der Waals surface area (Å²) < 4.78 is 0. The molecule has 0 radical (unpaired) electrons. The van der Waals surface area contributed by atoms with Gasteiger partial charge in [-0.05, 0) is 96.3 Å². The van der Waals surface area contributed by atoms with Crippen LogP contribution in [0.1, 0.15) is 232 Å². The van der Waals surface area contributed by atoms with E-state index in [1.165, 1.54) is 116 Å². The van der Waals surface area contributed by atoms with Gasteiger partial charge < -0.3 is 15.5 Å². The lowest BCUT2D eigenvalue weighted by Gasteiger charge is -2.19. The molecule has 0 aromatic rings. The minimum atomic E-state index is -0.890. The highest BCUT2D eigenvalue weighted by Gasteiger charge is 2.17. The van der Waals surface area contributed by atoms with Crippen LogP contribution >= 0.6 is 0 Å². The first-order valence-corrected chi connectivity index (χ1v) is 26.1. The first kappa shape index (κ1) is 59.1. The van der Waals surface area contributed by atoms with Crippen LogP contribution in [0.25, 0.3) is 0 Å². The van der Waals surface area contributed by atoms with Crippen molar-refractivity contribution in [3.63, 3.8) is 0 Å².